The smallest absolute Gasteiger partial charge is 0.258 e. The molecule has 116 valence electrons. The van der Waals surface area contributed by atoms with Crippen molar-refractivity contribution in [3.8, 4) is 0 Å². The molecule has 2 rings (SSSR count). The van der Waals surface area contributed by atoms with E-state index in [2.05, 4.69) is 21.2 Å². The lowest BCUT2D eigenvalue weighted by Gasteiger charge is -2.54. The maximum absolute atomic E-state index is 14.2. The first-order chi connectivity index (χ1) is 9.49. The molecule has 0 bridgehead atoms. The Labute approximate surface area is 132 Å². The minimum Gasteiger partial charge on any atom is -0.386 e. The van der Waals surface area contributed by atoms with E-state index in [4.69, 9.17) is 0 Å². The van der Waals surface area contributed by atoms with Crippen molar-refractivity contribution in [1.82, 2.24) is 5.32 Å². The Hall–Kier alpha value is -1.14. The van der Waals surface area contributed by atoms with Crippen molar-refractivity contribution in [2.75, 3.05) is 4.90 Å². The second-order valence-corrected chi connectivity index (χ2v) is 7.25. The van der Waals surface area contributed by atoms with Crippen LogP contribution in [0.25, 0.3) is 0 Å². The van der Waals surface area contributed by atoms with Crippen molar-refractivity contribution in [2.45, 2.75) is 51.9 Å². The van der Waals surface area contributed by atoms with Gasteiger partial charge in [0.05, 0.1) is 11.3 Å². The van der Waals surface area contributed by atoms with Crippen LogP contribution >= 0.6 is 15.9 Å². The summed E-state index contributed by atoms with van der Waals surface area (Å²) >= 11 is 3.26. The number of anilines is 1. The Balaban J connectivity index is 2.77. The standard InChI is InChI=1S/C15H20BrFN2O2/c1-8(2)19-11-7-9(16)6-10(17)12(11)13(20)18-15(19,5)14(3,4)21/h6-8,21H,1-5H3,(H,18,20). The van der Waals surface area contributed by atoms with Gasteiger partial charge in [-0.05, 0) is 46.8 Å². The van der Waals surface area contributed by atoms with E-state index in [0.29, 0.717) is 10.2 Å². The number of benzene rings is 1. The van der Waals surface area contributed by atoms with Gasteiger partial charge in [0, 0.05) is 10.5 Å². The summed E-state index contributed by atoms with van der Waals surface area (Å²) in [6, 6.07) is 2.93. The minimum absolute atomic E-state index is 0.00799. The maximum atomic E-state index is 14.2. The molecule has 1 aliphatic heterocycles. The van der Waals surface area contributed by atoms with Crippen LogP contribution in [0, 0.1) is 5.82 Å². The van der Waals surface area contributed by atoms with Gasteiger partial charge < -0.3 is 15.3 Å². The third-order valence-electron chi connectivity index (χ3n) is 4.07. The average molecular weight is 359 g/mol. The molecule has 1 amide bonds. The second kappa shape index (κ2) is 4.95. The van der Waals surface area contributed by atoms with Gasteiger partial charge in [0.2, 0.25) is 0 Å². The zero-order valence-electron chi connectivity index (χ0n) is 12.8. The second-order valence-electron chi connectivity index (χ2n) is 6.33. The molecular formula is C15H20BrFN2O2. The van der Waals surface area contributed by atoms with Gasteiger partial charge in [-0.1, -0.05) is 15.9 Å². The van der Waals surface area contributed by atoms with E-state index < -0.39 is 23.0 Å². The number of halogens is 2. The fourth-order valence-corrected chi connectivity index (χ4v) is 3.22. The zero-order chi connectivity index (χ0) is 16.2. The van der Waals surface area contributed by atoms with Crippen LogP contribution in [0.3, 0.4) is 0 Å². The third kappa shape index (κ3) is 2.44. The quantitative estimate of drug-likeness (QED) is 0.854. The molecule has 0 fully saturated rings. The summed E-state index contributed by atoms with van der Waals surface area (Å²) in [6.07, 6.45) is 0. The van der Waals surface area contributed by atoms with Crippen LogP contribution in [0.1, 0.15) is 45.0 Å². The molecule has 1 aromatic rings. The SMILES string of the molecule is CC(C)N1c2cc(Br)cc(F)c2C(=O)NC1(C)C(C)(C)O. The van der Waals surface area contributed by atoms with Gasteiger partial charge >= 0.3 is 0 Å². The monoisotopic (exact) mass is 358 g/mol. The predicted octanol–water partition coefficient (Wildman–Crippen LogP) is 3.03. The number of amides is 1. The molecule has 0 saturated carbocycles. The minimum atomic E-state index is -1.22. The van der Waals surface area contributed by atoms with Gasteiger partial charge in [0.25, 0.3) is 5.91 Å². The highest BCUT2D eigenvalue weighted by molar-refractivity contribution is 9.10. The molecule has 0 aromatic heterocycles. The summed E-state index contributed by atoms with van der Waals surface area (Å²) in [5, 5.41) is 13.3. The van der Waals surface area contributed by atoms with Crippen LogP contribution in [0.2, 0.25) is 0 Å². The molecule has 1 aromatic carbocycles. The third-order valence-corrected chi connectivity index (χ3v) is 4.53. The van der Waals surface area contributed by atoms with E-state index in [-0.39, 0.29) is 11.6 Å². The molecule has 1 heterocycles. The molecule has 6 heteroatoms. The largest absolute Gasteiger partial charge is 0.386 e. The maximum Gasteiger partial charge on any atom is 0.258 e. The molecular weight excluding hydrogens is 339 g/mol. The Bertz CT molecular complexity index is 598. The summed E-state index contributed by atoms with van der Waals surface area (Å²) < 4.78 is 14.7. The number of fused-ring (bicyclic) bond motifs is 1. The summed E-state index contributed by atoms with van der Waals surface area (Å²) in [5.41, 5.74) is -1.78. The van der Waals surface area contributed by atoms with Crippen molar-refractivity contribution >= 4 is 27.5 Å². The van der Waals surface area contributed by atoms with Gasteiger partial charge in [-0.3, -0.25) is 4.79 Å². The Kier molecular flexibility index (Phi) is 3.83. The molecule has 1 atom stereocenters. The lowest BCUT2D eigenvalue weighted by molar-refractivity contribution is -0.0179. The van der Waals surface area contributed by atoms with Crippen LogP contribution in [-0.4, -0.2) is 28.3 Å². The van der Waals surface area contributed by atoms with E-state index in [9.17, 15) is 14.3 Å². The van der Waals surface area contributed by atoms with E-state index >= 15 is 0 Å². The summed E-state index contributed by atoms with van der Waals surface area (Å²) in [4.78, 5) is 14.2. The van der Waals surface area contributed by atoms with Crippen molar-refractivity contribution in [1.29, 1.82) is 0 Å². The van der Waals surface area contributed by atoms with Gasteiger partial charge in [-0.2, -0.15) is 0 Å². The Morgan fingerprint density at radius 2 is 2.00 bits per heavy atom. The van der Waals surface area contributed by atoms with Gasteiger partial charge in [-0.15, -0.1) is 0 Å². The molecule has 21 heavy (non-hydrogen) atoms. The molecule has 0 spiro atoms. The van der Waals surface area contributed by atoms with Crippen LogP contribution in [-0.2, 0) is 0 Å². The lowest BCUT2D eigenvalue weighted by atomic mass is 9.86. The highest BCUT2D eigenvalue weighted by atomic mass is 79.9. The first kappa shape index (κ1) is 16.2. The van der Waals surface area contributed by atoms with Crippen molar-refractivity contribution in [3.63, 3.8) is 0 Å². The number of rotatable bonds is 2. The van der Waals surface area contributed by atoms with Crippen molar-refractivity contribution in [2.24, 2.45) is 0 Å². The van der Waals surface area contributed by atoms with Crippen molar-refractivity contribution < 1.29 is 14.3 Å². The number of carbonyl (C=O) groups is 1. The van der Waals surface area contributed by atoms with Crippen LogP contribution in [0.4, 0.5) is 10.1 Å². The fourth-order valence-electron chi connectivity index (χ4n) is 2.80. The van der Waals surface area contributed by atoms with Gasteiger partial charge in [0.15, 0.2) is 0 Å². The van der Waals surface area contributed by atoms with Crippen molar-refractivity contribution in [3.05, 3.63) is 28.0 Å². The van der Waals surface area contributed by atoms with E-state index in [1.807, 2.05) is 18.7 Å². The number of carbonyl (C=O) groups excluding carboxylic acids is 1. The molecule has 1 unspecified atom stereocenters. The molecule has 0 radical (unpaired) electrons. The molecule has 0 saturated heterocycles. The number of aliphatic hydroxyl groups is 1. The molecule has 2 N–H and O–H groups in total. The average Bonchev–Trinajstić information content (AvgIpc) is 2.24. The summed E-state index contributed by atoms with van der Waals surface area (Å²) in [5.74, 6) is -1.10. The topological polar surface area (TPSA) is 52.6 Å². The lowest BCUT2D eigenvalue weighted by Crippen LogP contribution is -2.73. The summed E-state index contributed by atoms with van der Waals surface area (Å²) in [7, 11) is 0. The molecule has 1 aliphatic rings. The first-order valence-electron chi connectivity index (χ1n) is 6.82. The molecule has 0 aliphatic carbocycles. The Morgan fingerprint density at radius 1 is 1.43 bits per heavy atom. The number of hydrogen-bond acceptors (Lipinski definition) is 3. The number of nitrogens with zero attached hydrogens (tertiary/aromatic N) is 1. The fraction of sp³-hybridized carbons (Fsp3) is 0.533. The summed E-state index contributed by atoms with van der Waals surface area (Å²) in [6.45, 7) is 8.87. The highest BCUT2D eigenvalue weighted by Crippen LogP contribution is 2.40. The van der Waals surface area contributed by atoms with Gasteiger partial charge in [-0.25, -0.2) is 4.39 Å². The van der Waals surface area contributed by atoms with Crippen LogP contribution in [0.15, 0.2) is 16.6 Å². The molecule has 4 nitrogen and oxygen atoms in total. The van der Waals surface area contributed by atoms with E-state index in [1.165, 1.54) is 6.07 Å². The normalized spacial score (nSPS) is 22.3. The van der Waals surface area contributed by atoms with E-state index in [1.54, 1.807) is 26.8 Å². The zero-order valence-corrected chi connectivity index (χ0v) is 14.4. The van der Waals surface area contributed by atoms with E-state index in [0.717, 1.165) is 0 Å². The van der Waals surface area contributed by atoms with Gasteiger partial charge in [0.1, 0.15) is 17.1 Å². The highest BCUT2D eigenvalue weighted by Gasteiger charge is 2.51. The Morgan fingerprint density at radius 3 is 2.48 bits per heavy atom. The predicted molar refractivity (Wildman–Crippen MR) is 83.9 cm³/mol. The first-order valence-corrected chi connectivity index (χ1v) is 7.61. The number of nitrogens with one attached hydrogen (secondary N) is 1. The van der Waals surface area contributed by atoms with Crippen LogP contribution in [0.5, 0.6) is 0 Å². The van der Waals surface area contributed by atoms with Crippen LogP contribution < -0.4 is 10.2 Å². The number of hydrogen-bond donors (Lipinski definition) is 2.